The van der Waals surface area contributed by atoms with Gasteiger partial charge in [0.1, 0.15) is 5.54 Å². The Hall–Kier alpha value is -1.79. The van der Waals surface area contributed by atoms with Crippen molar-refractivity contribution < 1.29 is 14.4 Å². The van der Waals surface area contributed by atoms with Gasteiger partial charge in [-0.2, -0.15) is 0 Å². The van der Waals surface area contributed by atoms with Crippen molar-refractivity contribution in [2.75, 3.05) is 0 Å². The summed E-state index contributed by atoms with van der Waals surface area (Å²) in [4.78, 5) is 35.7. The molecule has 1 amide bonds. The van der Waals surface area contributed by atoms with E-state index >= 15 is 0 Å². The highest BCUT2D eigenvalue weighted by molar-refractivity contribution is 9.10. The largest absolute Gasteiger partial charge is 0.339 e. The predicted molar refractivity (Wildman–Crippen MR) is 127 cm³/mol. The van der Waals surface area contributed by atoms with Crippen molar-refractivity contribution in [3.05, 3.63) is 68.6 Å². The average Bonchev–Trinajstić information content (AvgIpc) is 2.95. The van der Waals surface area contributed by atoms with Crippen LogP contribution in [-0.2, 0) is 15.1 Å². The molecule has 31 heavy (non-hydrogen) atoms. The SMILES string of the molecule is O=C(c1ccc(Br)cc1)C1CCC1.O=C1CC(=O)[C@@](c2ccc(Br)cc2)(C2CCC2)N1. The number of benzene rings is 2. The minimum atomic E-state index is -0.754. The number of rotatable bonds is 4. The van der Waals surface area contributed by atoms with E-state index in [-0.39, 0.29) is 24.0 Å². The van der Waals surface area contributed by atoms with Crippen LogP contribution in [0.3, 0.4) is 0 Å². The number of nitrogens with one attached hydrogen (secondary N) is 1. The van der Waals surface area contributed by atoms with Crippen molar-refractivity contribution in [2.24, 2.45) is 11.8 Å². The second-order valence-electron chi connectivity index (χ2n) is 8.59. The Morgan fingerprint density at radius 1 is 0.839 bits per heavy atom. The highest BCUT2D eigenvalue weighted by Crippen LogP contribution is 2.46. The Morgan fingerprint density at radius 2 is 1.39 bits per heavy atom. The van der Waals surface area contributed by atoms with E-state index < -0.39 is 5.54 Å². The van der Waals surface area contributed by atoms with Crippen molar-refractivity contribution in [2.45, 2.75) is 50.5 Å². The molecule has 4 nitrogen and oxygen atoms in total. The molecule has 1 aliphatic heterocycles. The highest BCUT2D eigenvalue weighted by Gasteiger charge is 2.54. The number of amides is 1. The van der Waals surface area contributed by atoms with E-state index in [9.17, 15) is 14.4 Å². The molecule has 1 saturated heterocycles. The lowest BCUT2D eigenvalue weighted by Gasteiger charge is -2.41. The topological polar surface area (TPSA) is 63.2 Å². The maximum absolute atomic E-state index is 12.3. The molecule has 2 aromatic carbocycles. The van der Waals surface area contributed by atoms with Crippen molar-refractivity contribution in [1.82, 2.24) is 5.32 Å². The van der Waals surface area contributed by atoms with E-state index in [0.717, 1.165) is 52.2 Å². The molecule has 1 N–H and O–H groups in total. The van der Waals surface area contributed by atoms with Crippen LogP contribution in [0.2, 0.25) is 0 Å². The summed E-state index contributed by atoms with van der Waals surface area (Å²) in [5.41, 5.74) is 1.02. The van der Waals surface area contributed by atoms with E-state index in [4.69, 9.17) is 0 Å². The van der Waals surface area contributed by atoms with Gasteiger partial charge in [-0.3, -0.25) is 14.4 Å². The molecule has 0 unspecified atom stereocenters. The van der Waals surface area contributed by atoms with Crippen LogP contribution in [0.1, 0.15) is 60.9 Å². The predicted octanol–water partition coefficient (Wildman–Crippen LogP) is 5.97. The Labute approximate surface area is 199 Å². The average molecular weight is 547 g/mol. The van der Waals surface area contributed by atoms with Crippen LogP contribution < -0.4 is 5.32 Å². The van der Waals surface area contributed by atoms with Crippen LogP contribution in [0.5, 0.6) is 0 Å². The molecule has 2 saturated carbocycles. The van der Waals surface area contributed by atoms with Crippen molar-refractivity contribution in [1.29, 1.82) is 0 Å². The van der Waals surface area contributed by atoms with Crippen LogP contribution in [0.4, 0.5) is 0 Å². The smallest absolute Gasteiger partial charge is 0.228 e. The number of hydrogen-bond donors (Lipinski definition) is 1. The van der Waals surface area contributed by atoms with E-state index in [2.05, 4.69) is 37.2 Å². The third kappa shape index (κ3) is 4.56. The Morgan fingerprint density at radius 3 is 1.81 bits per heavy atom. The van der Waals surface area contributed by atoms with Crippen molar-refractivity contribution in [3.63, 3.8) is 0 Å². The monoisotopic (exact) mass is 545 g/mol. The summed E-state index contributed by atoms with van der Waals surface area (Å²) in [6.07, 6.45) is 6.57. The third-order valence-corrected chi connectivity index (χ3v) is 7.78. The molecule has 2 aliphatic carbocycles. The molecule has 1 heterocycles. The zero-order valence-electron chi connectivity index (χ0n) is 17.2. The zero-order chi connectivity index (χ0) is 22.0. The van der Waals surface area contributed by atoms with Crippen molar-refractivity contribution >= 4 is 49.3 Å². The third-order valence-electron chi connectivity index (χ3n) is 6.72. The molecule has 162 valence electrons. The number of ketones is 2. The maximum atomic E-state index is 12.3. The molecule has 3 aliphatic rings. The lowest BCUT2D eigenvalue weighted by Crippen LogP contribution is -2.52. The van der Waals surface area contributed by atoms with Crippen LogP contribution in [-0.4, -0.2) is 17.5 Å². The van der Waals surface area contributed by atoms with Gasteiger partial charge in [-0.05, 0) is 61.4 Å². The minimum absolute atomic E-state index is 0.0204. The second-order valence-corrected chi connectivity index (χ2v) is 10.4. The Balaban J connectivity index is 0.000000158. The number of Topliss-reactive ketones (excluding diaryl/α,β-unsaturated/α-hetero) is 2. The zero-order valence-corrected chi connectivity index (χ0v) is 20.4. The molecule has 6 heteroatoms. The molecule has 0 spiro atoms. The fraction of sp³-hybridized carbons (Fsp3) is 0.400. The first-order valence-corrected chi connectivity index (χ1v) is 12.4. The van der Waals surface area contributed by atoms with E-state index in [1.165, 1.54) is 6.42 Å². The van der Waals surface area contributed by atoms with Gasteiger partial charge in [0.2, 0.25) is 5.91 Å². The lowest BCUT2D eigenvalue weighted by molar-refractivity contribution is -0.126. The lowest BCUT2D eigenvalue weighted by atomic mass is 9.66. The summed E-state index contributed by atoms with van der Waals surface area (Å²) in [7, 11) is 0. The highest BCUT2D eigenvalue weighted by atomic mass is 79.9. The summed E-state index contributed by atoms with van der Waals surface area (Å²) in [6, 6.07) is 15.4. The van der Waals surface area contributed by atoms with Gasteiger partial charge in [0.05, 0.1) is 6.42 Å². The van der Waals surface area contributed by atoms with Gasteiger partial charge in [-0.1, -0.05) is 69.0 Å². The van der Waals surface area contributed by atoms with Gasteiger partial charge < -0.3 is 5.32 Å². The number of carbonyl (C=O) groups excluding carboxylic acids is 3. The van der Waals surface area contributed by atoms with Gasteiger partial charge >= 0.3 is 0 Å². The van der Waals surface area contributed by atoms with Crippen molar-refractivity contribution in [3.8, 4) is 0 Å². The quantitative estimate of drug-likeness (QED) is 0.380. The molecule has 0 bridgehead atoms. The molecule has 3 fully saturated rings. The molecule has 0 radical (unpaired) electrons. The van der Waals surface area contributed by atoms with Gasteiger partial charge in [-0.25, -0.2) is 0 Å². The van der Waals surface area contributed by atoms with Gasteiger partial charge in [0, 0.05) is 20.4 Å². The number of halogens is 2. The summed E-state index contributed by atoms with van der Waals surface area (Å²) in [5.74, 6) is 0.770. The summed E-state index contributed by atoms with van der Waals surface area (Å²) in [5, 5.41) is 2.95. The van der Waals surface area contributed by atoms with Crippen LogP contribution in [0, 0.1) is 11.8 Å². The second kappa shape index (κ2) is 9.37. The fourth-order valence-electron chi connectivity index (χ4n) is 4.49. The normalized spacial score (nSPS) is 23.3. The Bertz CT molecular complexity index is 979. The molecular weight excluding hydrogens is 522 g/mol. The molecule has 1 atom stereocenters. The van der Waals surface area contributed by atoms with E-state index in [1.807, 2.05) is 48.5 Å². The number of hydrogen-bond acceptors (Lipinski definition) is 3. The maximum Gasteiger partial charge on any atom is 0.228 e. The fourth-order valence-corrected chi connectivity index (χ4v) is 5.02. The summed E-state index contributed by atoms with van der Waals surface area (Å²) >= 11 is 6.75. The molecule has 5 rings (SSSR count). The molecule has 0 aromatic heterocycles. The van der Waals surface area contributed by atoms with Gasteiger partial charge in [0.15, 0.2) is 11.6 Å². The van der Waals surface area contributed by atoms with Gasteiger partial charge in [0.25, 0.3) is 0 Å². The minimum Gasteiger partial charge on any atom is -0.339 e. The van der Waals surface area contributed by atoms with Gasteiger partial charge in [-0.15, -0.1) is 0 Å². The summed E-state index contributed by atoms with van der Waals surface area (Å²) < 4.78 is 2.00. The molecular formula is C25H25Br2NO3. The van der Waals surface area contributed by atoms with Crippen LogP contribution in [0.25, 0.3) is 0 Å². The molecule has 2 aromatic rings. The Kier molecular flexibility index (Phi) is 6.77. The first-order valence-electron chi connectivity index (χ1n) is 10.8. The number of carbonyl (C=O) groups is 3. The standard InChI is InChI=1S/C14H14BrNO2.C11H11BrO/c15-11-6-4-10(5-7-11)14(9-2-1-3-9)12(17)8-13(18)16-14;12-10-6-4-9(5-7-10)11(13)8-2-1-3-8/h4-7,9H,1-3,8H2,(H,16,18);4-8H,1-3H2/t14-;/m0./s1. The van der Waals surface area contributed by atoms with Crippen LogP contribution >= 0.6 is 31.9 Å². The van der Waals surface area contributed by atoms with Crippen LogP contribution in [0.15, 0.2) is 57.5 Å². The van der Waals surface area contributed by atoms with E-state index in [1.54, 1.807) is 0 Å². The summed E-state index contributed by atoms with van der Waals surface area (Å²) in [6.45, 7) is 0. The van der Waals surface area contributed by atoms with E-state index in [0.29, 0.717) is 11.7 Å². The first-order chi connectivity index (χ1) is 14.9. The first kappa shape index (κ1) is 22.4.